The number of imidazole rings is 2. The third kappa shape index (κ3) is 12.4. The molecule has 17 nitrogen and oxygen atoms in total. The van der Waals surface area contributed by atoms with E-state index in [0.717, 1.165) is 114 Å². The molecule has 0 unspecified atom stereocenters. The van der Waals surface area contributed by atoms with Gasteiger partial charge in [-0.25, -0.2) is 9.97 Å². The lowest BCUT2D eigenvalue weighted by atomic mass is 10.1. The van der Waals surface area contributed by atoms with Gasteiger partial charge in [0.05, 0.1) is 90.9 Å². The molecule has 6 aromatic carbocycles. The lowest BCUT2D eigenvalue weighted by Crippen LogP contribution is -2.11. The smallest absolute Gasteiger partial charge is 0.250 e. The number of nitrogens with two attached hydrogens (primary N) is 3. The highest BCUT2D eigenvalue weighted by Gasteiger charge is 2.12. The molecule has 0 atom stereocenters. The summed E-state index contributed by atoms with van der Waals surface area (Å²) in [6, 6.07) is 28.5. The predicted octanol–water partition coefficient (Wildman–Crippen LogP) is 12.2. The number of aromatic amines is 2. The van der Waals surface area contributed by atoms with Crippen LogP contribution in [0.3, 0.4) is 0 Å². The molecule has 72 heavy (non-hydrogen) atoms. The molecule has 8 N–H and O–H groups in total. The van der Waals surface area contributed by atoms with Crippen molar-refractivity contribution in [3.63, 3.8) is 0 Å². The maximum absolute atomic E-state index is 11.1. The van der Waals surface area contributed by atoms with Crippen LogP contribution in [0.25, 0.3) is 55.2 Å². The summed E-state index contributed by atoms with van der Waals surface area (Å²) < 4.78 is 27.8. The van der Waals surface area contributed by atoms with Crippen LogP contribution in [0.5, 0.6) is 0 Å². The molecule has 11 rings (SSSR count). The molecule has 0 fully saturated rings. The number of aryl methyl sites for hydroxylation is 7. The van der Waals surface area contributed by atoms with Crippen molar-refractivity contribution in [2.45, 2.75) is 48.5 Å². The molecule has 11 aromatic rings. The minimum Gasteiger partial charge on any atom is -0.397 e. The van der Waals surface area contributed by atoms with Gasteiger partial charge >= 0.3 is 0 Å². The number of amides is 1. The molecule has 0 aliphatic heterocycles. The van der Waals surface area contributed by atoms with Crippen molar-refractivity contribution >= 4 is 155 Å². The Morgan fingerprint density at radius 1 is 0.458 bits per heavy atom. The summed E-state index contributed by atoms with van der Waals surface area (Å²) in [4.78, 5) is 25.8. The fourth-order valence-electron chi connectivity index (χ4n) is 6.67. The van der Waals surface area contributed by atoms with E-state index in [1.165, 1.54) is 29.0 Å². The van der Waals surface area contributed by atoms with Crippen molar-refractivity contribution < 1.29 is 4.79 Å². The Morgan fingerprint density at radius 2 is 0.819 bits per heavy atom. The number of anilines is 2. The molecule has 0 radical (unpaired) electrons. The first-order valence-electron chi connectivity index (χ1n) is 21.1. The molecule has 0 aliphatic carbocycles. The highest BCUT2D eigenvalue weighted by atomic mass is 79.9. The monoisotopic (exact) mass is 1200 g/mol. The number of hydrogen-bond acceptors (Lipinski definition) is 17. The molecule has 0 saturated carbocycles. The SMILES string of the molecule is Brc1ccc(Br)c2nsnc12.Cc1ccc(Br)c2nsnc12.Cc1ccc(C#N)c(N)c1N.Cc1ccc(C#N)c2nsnc12.Cc1nc2c(C)ccc(C#N)c2[nH]1.Cc1nc2c(C)ccc(C(N)=O)c2[nH]1. The van der Waals surface area contributed by atoms with Crippen molar-refractivity contribution in [2.75, 3.05) is 11.5 Å². The van der Waals surface area contributed by atoms with Gasteiger partial charge in [-0.05, 0) is 167 Å². The van der Waals surface area contributed by atoms with Crippen LogP contribution in [0.2, 0.25) is 0 Å². The Hall–Kier alpha value is -7.30. The van der Waals surface area contributed by atoms with Gasteiger partial charge in [0.15, 0.2) is 0 Å². The van der Waals surface area contributed by atoms with Crippen molar-refractivity contribution in [2.24, 2.45) is 5.73 Å². The third-order valence-electron chi connectivity index (χ3n) is 10.6. The number of fused-ring (bicyclic) bond motifs is 5. The maximum atomic E-state index is 11.1. The first-order chi connectivity index (χ1) is 34.4. The van der Waals surface area contributed by atoms with E-state index in [9.17, 15) is 4.79 Å². The quantitative estimate of drug-likeness (QED) is 0.0955. The van der Waals surface area contributed by atoms with Gasteiger partial charge in [0, 0.05) is 13.4 Å². The number of nitrogens with zero attached hydrogens (tertiary/aromatic N) is 11. The highest BCUT2D eigenvalue weighted by Crippen LogP contribution is 2.29. The Balaban J connectivity index is 0.000000141. The van der Waals surface area contributed by atoms with Crippen LogP contribution in [0, 0.1) is 82.5 Å². The Morgan fingerprint density at radius 3 is 1.32 bits per heavy atom. The molecule has 0 aliphatic rings. The number of H-pyrrole nitrogens is 2. The molecule has 5 heterocycles. The van der Waals surface area contributed by atoms with Crippen LogP contribution in [0.4, 0.5) is 11.4 Å². The van der Waals surface area contributed by atoms with Crippen molar-refractivity contribution in [1.29, 1.82) is 15.8 Å². The van der Waals surface area contributed by atoms with Gasteiger partial charge in [0.1, 0.15) is 63.0 Å². The summed E-state index contributed by atoms with van der Waals surface area (Å²) in [5, 5.41) is 26.1. The standard InChI is InChI=1S/C10H11N3O.C10H9N3.C8H5N3S.C8H9N3.C7H5BrN2S.C6H2Br2N2S/c1-5-3-4-7(10(11)14)9-8(5)12-6(2)13-9;1-6-3-4-8(5-11)10-9(6)12-7(2)13-10;1-5-2-3-6(4-9)8-7(5)10-12-11-8;1-5-2-3-6(4-9)8(11)7(5)10;1-4-2-3-5(8)7-6(4)9-11-10-7;7-3-1-2-4(8)6-5(3)9-11-10-6/h3-4H,1-2H3,(H2,11,14)(H,12,13);3-4H,1-2H3,(H,12,13);2-3H,1H3;2-3H,10-11H2,1H3;2-3H,1H3;1-2H. The fraction of sp³-hybridized carbons (Fsp3) is 0.143. The summed E-state index contributed by atoms with van der Waals surface area (Å²) in [6.07, 6.45) is 0. The maximum Gasteiger partial charge on any atom is 0.250 e. The van der Waals surface area contributed by atoms with E-state index < -0.39 is 5.91 Å². The zero-order valence-electron chi connectivity index (χ0n) is 39.3. The van der Waals surface area contributed by atoms with Crippen LogP contribution >= 0.6 is 83.0 Å². The van der Waals surface area contributed by atoms with Crippen molar-refractivity contribution in [3.05, 3.63) is 148 Å². The number of nitriles is 3. The molecular weight excluding hydrogens is 1160 g/mol. The van der Waals surface area contributed by atoms with E-state index in [2.05, 4.69) is 106 Å². The van der Waals surface area contributed by atoms with Crippen LogP contribution in [0.15, 0.2) is 86.2 Å². The number of nitrogens with one attached hydrogen (secondary N) is 2. The zero-order valence-corrected chi connectivity index (χ0v) is 46.6. The normalized spacial score (nSPS) is 10.3. The molecule has 362 valence electrons. The number of rotatable bonds is 1. The van der Waals surface area contributed by atoms with Gasteiger partial charge in [-0.3, -0.25) is 4.79 Å². The van der Waals surface area contributed by atoms with E-state index in [4.69, 9.17) is 33.0 Å². The van der Waals surface area contributed by atoms with E-state index in [-0.39, 0.29) is 0 Å². The lowest BCUT2D eigenvalue weighted by molar-refractivity contribution is 0.100. The van der Waals surface area contributed by atoms with Crippen LogP contribution in [-0.4, -0.2) is 52.1 Å². The topological polar surface area (TPSA) is 301 Å². The Labute approximate surface area is 450 Å². The summed E-state index contributed by atoms with van der Waals surface area (Å²) in [5.41, 5.74) is 33.4. The lowest BCUT2D eigenvalue weighted by Gasteiger charge is -2.04. The Bertz CT molecular complexity index is 3760. The molecule has 0 spiro atoms. The number of carbonyl (C=O) groups excluding carboxylic acids is 1. The van der Waals surface area contributed by atoms with Gasteiger partial charge in [-0.15, -0.1) is 0 Å². The zero-order chi connectivity index (χ0) is 52.4. The highest BCUT2D eigenvalue weighted by molar-refractivity contribution is 9.11. The van der Waals surface area contributed by atoms with Crippen LogP contribution in [0.1, 0.15) is 66.5 Å². The molecule has 23 heteroatoms. The first-order valence-corrected chi connectivity index (χ1v) is 25.7. The number of hydrogen-bond donors (Lipinski definition) is 5. The minimum atomic E-state index is -0.432. The van der Waals surface area contributed by atoms with Gasteiger partial charge in [0.25, 0.3) is 5.91 Å². The number of nitrogen functional groups attached to an aromatic ring is 2. The molecule has 0 saturated heterocycles. The minimum absolute atomic E-state index is 0.382. The van der Waals surface area contributed by atoms with Crippen molar-refractivity contribution in [3.8, 4) is 18.2 Å². The number of carbonyl (C=O) groups is 1. The van der Waals surface area contributed by atoms with E-state index in [1.54, 1.807) is 24.3 Å². The molecule has 1 amide bonds. The second-order valence-electron chi connectivity index (χ2n) is 15.6. The largest absolute Gasteiger partial charge is 0.397 e. The van der Waals surface area contributed by atoms with Gasteiger partial charge in [-0.1, -0.05) is 30.3 Å². The predicted molar refractivity (Wildman–Crippen MR) is 299 cm³/mol. The number of primary amides is 1. The van der Waals surface area contributed by atoms with Crippen molar-refractivity contribution in [1.82, 2.24) is 46.2 Å². The van der Waals surface area contributed by atoms with E-state index in [1.807, 2.05) is 103 Å². The van der Waals surface area contributed by atoms with Crippen LogP contribution < -0.4 is 17.2 Å². The average Bonchev–Trinajstić information content (AvgIpc) is 4.23. The number of halogens is 3. The second-order valence-corrected chi connectivity index (χ2v) is 19.8. The Kier molecular flexibility index (Phi) is 18.2. The van der Waals surface area contributed by atoms with Crippen LogP contribution in [-0.2, 0) is 0 Å². The van der Waals surface area contributed by atoms with Gasteiger partial charge in [0.2, 0.25) is 0 Å². The molecule has 0 bridgehead atoms. The summed E-state index contributed by atoms with van der Waals surface area (Å²) in [5.74, 6) is 1.20. The first kappa shape index (κ1) is 54.0. The fourth-order valence-corrected chi connectivity index (χ4v) is 10.1. The molecule has 5 aromatic heterocycles. The average molecular weight is 1210 g/mol. The van der Waals surface area contributed by atoms with E-state index in [0.29, 0.717) is 33.6 Å². The number of aromatic nitrogens is 10. The summed E-state index contributed by atoms with van der Waals surface area (Å²) in [7, 11) is 0. The number of benzene rings is 6. The third-order valence-corrected chi connectivity index (χ3v) is 14.1. The van der Waals surface area contributed by atoms with Gasteiger partial charge in [-0.2, -0.15) is 42.0 Å². The summed E-state index contributed by atoms with van der Waals surface area (Å²) in [6.45, 7) is 13.5. The summed E-state index contributed by atoms with van der Waals surface area (Å²) >= 11 is 13.8. The van der Waals surface area contributed by atoms with E-state index >= 15 is 0 Å². The second kappa shape index (κ2) is 24.2. The molecular formula is C49H41Br3N16OS3. The van der Waals surface area contributed by atoms with Gasteiger partial charge < -0.3 is 27.2 Å².